The topological polar surface area (TPSA) is 122 Å². The third kappa shape index (κ3) is 6.95. The molecule has 2 heterocycles. The van der Waals surface area contributed by atoms with E-state index in [9.17, 15) is 14.7 Å². The Morgan fingerprint density at radius 3 is 2.63 bits per heavy atom. The van der Waals surface area contributed by atoms with Crippen LogP contribution in [-0.2, 0) is 6.54 Å². The highest BCUT2D eigenvalue weighted by atomic mass is 16.7. The number of aliphatic hydroxyl groups excluding tert-OH is 1. The molecule has 0 saturated heterocycles. The molecule has 3 atom stereocenters. The third-order valence-electron chi connectivity index (χ3n) is 7.67. The van der Waals surface area contributed by atoms with Crippen LogP contribution in [0.2, 0.25) is 0 Å². The van der Waals surface area contributed by atoms with E-state index in [4.69, 9.17) is 18.9 Å². The van der Waals surface area contributed by atoms with Crippen molar-refractivity contribution in [2.75, 3.05) is 51.3 Å². The van der Waals surface area contributed by atoms with Crippen LogP contribution >= 0.6 is 0 Å². The molecule has 0 saturated carbocycles. The Balaban J connectivity index is 1.39. The number of nitrogens with one attached hydrogen (secondary N) is 2. The highest BCUT2D eigenvalue weighted by molar-refractivity contribution is 6.04. The van der Waals surface area contributed by atoms with Crippen LogP contribution in [0.25, 0.3) is 0 Å². The van der Waals surface area contributed by atoms with Crippen molar-refractivity contribution in [3.63, 3.8) is 0 Å². The molecule has 3 amide bonds. The van der Waals surface area contributed by atoms with E-state index in [-0.39, 0.29) is 31.3 Å². The van der Waals surface area contributed by atoms with Crippen LogP contribution in [0.3, 0.4) is 0 Å². The number of benzene rings is 3. The van der Waals surface area contributed by atoms with Crippen molar-refractivity contribution in [3.8, 4) is 23.0 Å². The number of nitrogens with zero attached hydrogens (tertiary/aromatic N) is 2. The molecule has 228 valence electrons. The summed E-state index contributed by atoms with van der Waals surface area (Å²) in [5.41, 5.74) is 2.33. The molecular formula is C32H38N4O7. The lowest BCUT2D eigenvalue weighted by Gasteiger charge is -2.38. The van der Waals surface area contributed by atoms with Crippen LogP contribution in [0.4, 0.5) is 16.2 Å². The summed E-state index contributed by atoms with van der Waals surface area (Å²) in [7, 11) is 3.58. The molecule has 3 N–H and O–H groups in total. The summed E-state index contributed by atoms with van der Waals surface area (Å²) in [5, 5.41) is 15.6. The van der Waals surface area contributed by atoms with Gasteiger partial charge in [0.05, 0.1) is 31.0 Å². The molecule has 11 nitrogen and oxygen atoms in total. The summed E-state index contributed by atoms with van der Waals surface area (Å²) >= 11 is 0. The van der Waals surface area contributed by atoms with Gasteiger partial charge >= 0.3 is 6.03 Å². The number of para-hydroxylation sites is 1. The standard InChI is InChI=1S/C32H38N4O7/c1-20-15-36(21(2)18-37)31(38)25-6-5-7-26(34-32(39)33-23-9-11-24(40-4)12-10-23)30(25)43-29(20)17-35(3)16-22-8-13-27-28(14-22)42-19-41-27/h5-14,20-21,29,37H,15-19H2,1-4H3,(H2,33,34,39)/t20-,21-,29-/m1/s1. The fraction of sp³-hybridized carbons (Fsp3) is 0.375. The number of rotatable bonds is 9. The van der Waals surface area contributed by atoms with Crippen molar-refractivity contribution in [2.24, 2.45) is 5.92 Å². The first-order chi connectivity index (χ1) is 20.7. The maximum atomic E-state index is 13.8. The number of methoxy groups -OCH3 is 1. The molecule has 0 spiro atoms. The Hall–Kier alpha value is -4.48. The van der Waals surface area contributed by atoms with Crippen LogP contribution < -0.4 is 29.6 Å². The van der Waals surface area contributed by atoms with E-state index in [1.165, 1.54) is 0 Å². The first kappa shape index (κ1) is 30.0. The van der Waals surface area contributed by atoms with Crippen molar-refractivity contribution in [1.82, 2.24) is 9.80 Å². The van der Waals surface area contributed by atoms with Gasteiger partial charge in [-0.1, -0.05) is 19.1 Å². The van der Waals surface area contributed by atoms with Crippen LogP contribution in [0.1, 0.15) is 29.8 Å². The lowest BCUT2D eigenvalue weighted by Crippen LogP contribution is -2.49. The van der Waals surface area contributed by atoms with Crippen LogP contribution in [0.15, 0.2) is 60.7 Å². The predicted octanol–water partition coefficient (Wildman–Crippen LogP) is 4.42. The second-order valence-corrected chi connectivity index (χ2v) is 11.0. The number of aliphatic hydroxyl groups is 1. The van der Waals surface area contributed by atoms with E-state index in [0.29, 0.717) is 48.1 Å². The molecule has 5 rings (SSSR count). The van der Waals surface area contributed by atoms with Crippen molar-refractivity contribution in [3.05, 3.63) is 71.8 Å². The molecule has 43 heavy (non-hydrogen) atoms. The van der Waals surface area contributed by atoms with E-state index in [0.717, 1.165) is 17.1 Å². The average Bonchev–Trinajstić information content (AvgIpc) is 3.47. The fourth-order valence-electron chi connectivity index (χ4n) is 5.24. The van der Waals surface area contributed by atoms with E-state index in [1.54, 1.807) is 54.5 Å². The van der Waals surface area contributed by atoms with Crippen molar-refractivity contribution >= 4 is 23.3 Å². The van der Waals surface area contributed by atoms with Gasteiger partial charge in [-0.05, 0) is 68.1 Å². The van der Waals surface area contributed by atoms with Crippen LogP contribution in [-0.4, -0.2) is 79.6 Å². The smallest absolute Gasteiger partial charge is 0.323 e. The zero-order valence-corrected chi connectivity index (χ0v) is 24.8. The number of carbonyl (C=O) groups excluding carboxylic acids is 2. The summed E-state index contributed by atoms with van der Waals surface area (Å²) in [4.78, 5) is 30.6. The van der Waals surface area contributed by atoms with Gasteiger partial charge in [0.15, 0.2) is 17.2 Å². The molecule has 2 aliphatic heterocycles. The normalized spacial score (nSPS) is 18.3. The largest absolute Gasteiger partial charge is 0.497 e. The molecule has 3 aromatic carbocycles. The average molecular weight is 591 g/mol. The highest BCUT2D eigenvalue weighted by Gasteiger charge is 2.34. The Morgan fingerprint density at radius 1 is 1.12 bits per heavy atom. The Kier molecular flexibility index (Phi) is 9.22. The summed E-state index contributed by atoms with van der Waals surface area (Å²) < 4.78 is 22.8. The Labute approximate surface area is 251 Å². The van der Waals surface area contributed by atoms with E-state index in [2.05, 4.69) is 15.5 Å². The van der Waals surface area contributed by atoms with E-state index < -0.39 is 12.1 Å². The number of urea groups is 1. The lowest BCUT2D eigenvalue weighted by atomic mass is 9.99. The number of likely N-dealkylation sites (N-methyl/N-ethyl adjacent to an activating group) is 1. The highest BCUT2D eigenvalue weighted by Crippen LogP contribution is 2.36. The molecule has 0 bridgehead atoms. The minimum absolute atomic E-state index is 0.0912. The molecule has 0 unspecified atom stereocenters. The molecule has 2 aliphatic rings. The first-order valence-electron chi connectivity index (χ1n) is 14.3. The zero-order chi connectivity index (χ0) is 30.5. The van der Waals surface area contributed by atoms with Gasteiger partial charge < -0.3 is 39.6 Å². The molecule has 0 radical (unpaired) electrons. The van der Waals surface area contributed by atoms with Crippen molar-refractivity contribution in [1.29, 1.82) is 0 Å². The van der Waals surface area contributed by atoms with Gasteiger partial charge in [-0.25, -0.2) is 4.79 Å². The number of carbonyl (C=O) groups is 2. The number of ether oxygens (including phenoxy) is 4. The van der Waals surface area contributed by atoms with Gasteiger partial charge in [-0.2, -0.15) is 0 Å². The maximum Gasteiger partial charge on any atom is 0.323 e. The minimum atomic E-state index is -0.484. The van der Waals surface area contributed by atoms with Gasteiger partial charge in [-0.15, -0.1) is 0 Å². The summed E-state index contributed by atoms with van der Waals surface area (Å²) in [6.45, 7) is 5.47. The van der Waals surface area contributed by atoms with Crippen LogP contribution in [0.5, 0.6) is 23.0 Å². The summed E-state index contributed by atoms with van der Waals surface area (Å²) in [5.74, 6) is 2.07. The monoisotopic (exact) mass is 590 g/mol. The molecule has 11 heteroatoms. The third-order valence-corrected chi connectivity index (χ3v) is 7.67. The lowest BCUT2D eigenvalue weighted by molar-refractivity contribution is 0.0343. The second-order valence-electron chi connectivity index (χ2n) is 11.0. The Bertz CT molecular complexity index is 1450. The molecule has 0 fully saturated rings. The molecule has 0 aromatic heterocycles. The second kappa shape index (κ2) is 13.2. The number of fused-ring (bicyclic) bond motifs is 2. The van der Waals surface area contributed by atoms with Crippen molar-refractivity contribution < 1.29 is 33.6 Å². The van der Waals surface area contributed by atoms with E-state index >= 15 is 0 Å². The van der Waals surface area contributed by atoms with Crippen molar-refractivity contribution in [2.45, 2.75) is 32.5 Å². The quantitative estimate of drug-likeness (QED) is 0.335. The molecule has 3 aromatic rings. The van der Waals surface area contributed by atoms with Gasteiger partial charge in [0.25, 0.3) is 5.91 Å². The number of amides is 3. The maximum absolute atomic E-state index is 13.8. The van der Waals surface area contributed by atoms with Gasteiger partial charge in [0.1, 0.15) is 11.9 Å². The summed E-state index contributed by atoms with van der Waals surface area (Å²) in [6, 6.07) is 17.1. The van der Waals surface area contributed by atoms with E-state index in [1.807, 2.05) is 39.1 Å². The number of hydrogen-bond donors (Lipinski definition) is 3. The van der Waals surface area contributed by atoms with Crippen LogP contribution in [0, 0.1) is 5.92 Å². The first-order valence-corrected chi connectivity index (χ1v) is 14.3. The molecular weight excluding hydrogens is 552 g/mol. The van der Waals surface area contributed by atoms with Gasteiger partial charge in [0, 0.05) is 31.2 Å². The fourth-order valence-corrected chi connectivity index (χ4v) is 5.24. The predicted molar refractivity (Wildman–Crippen MR) is 162 cm³/mol. The SMILES string of the molecule is COc1ccc(NC(=O)Nc2cccc3c2O[C@H](CN(C)Cc2ccc4c(c2)OCO4)[C@H](C)CN([C@H](C)CO)C3=O)cc1. The summed E-state index contributed by atoms with van der Waals surface area (Å²) in [6.07, 6.45) is -0.341. The Morgan fingerprint density at radius 2 is 1.88 bits per heavy atom. The zero-order valence-electron chi connectivity index (χ0n) is 24.8. The molecule has 0 aliphatic carbocycles. The minimum Gasteiger partial charge on any atom is -0.497 e. The van der Waals surface area contributed by atoms with Gasteiger partial charge in [-0.3, -0.25) is 9.69 Å². The number of hydrogen-bond acceptors (Lipinski definition) is 8. The van der Waals surface area contributed by atoms with Gasteiger partial charge in [0.2, 0.25) is 6.79 Å². The number of anilines is 2.